The number of ether oxygens (including phenoxy) is 1. The Kier molecular flexibility index (Phi) is 6.35. The minimum Gasteiger partial charge on any atom is -0.374 e. The third-order valence-electron chi connectivity index (χ3n) is 2.73. The van der Waals surface area contributed by atoms with Crippen LogP contribution in [0.1, 0.15) is 19.8 Å². The standard InChI is InChI=1S/C10H23N3O3S/c1-3-4-6-13(2)17(14,15)12-9-10-8-11-5-7-16-10/h10-12H,3-9H2,1-2H3. The van der Waals surface area contributed by atoms with Crippen LogP contribution in [0.4, 0.5) is 0 Å². The number of hydrogen-bond acceptors (Lipinski definition) is 4. The van der Waals surface area contributed by atoms with Crippen LogP contribution in [0, 0.1) is 0 Å². The van der Waals surface area contributed by atoms with E-state index in [0.717, 1.165) is 19.4 Å². The van der Waals surface area contributed by atoms with Crippen molar-refractivity contribution in [3.63, 3.8) is 0 Å². The molecule has 1 aliphatic rings. The zero-order valence-corrected chi connectivity index (χ0v) is 11.4. The van der Waals surface area contributed by atoms with Crippen molar-refractivity contribution in [1.29, 1.82) is 0 Å². The third kappa shape index (κ3) is 5.31. The average molecular weight is 265 g/mol. The summed E-state index contributed by atoms with van der Waals surface area (Å²) in [6.45, 7) is 5.08. The number of hydrogen-bond donors (Lipinski definition) is 2. The molecule has 1 atom stereocenters. The first-order valence-electron chi connectivity index (χ1n) is 6.09. The molecule has 0 aromatic carbocycles. The number of morpholine rings is 1. The Morgan fingerprint density at radius 3 is 2.88 bits per heavy atom. The van der Waals surface area contributed by atoms with Crippen molar-refractivity contribution >= 4 is 10.2 Å². The van der Waals surface area contributed by atoms with Gasteiger partial charge in [-0.05, 0) is 6.42 Å². The summed E-state index contributed by atoms with van der Waals surface area (Å²) in [7, 11) is -1.76. The molecule has 7 heteroatoms. The molecular weight excluding hydrogens is 242 g/mol. The van der Waals surface area contributed by atoms with Crippen LogP contribution in [0.3, 0.4) is 0 Å². The van der Waals surface area contributed by atoms with E-state index in [1.165, 1.54) is 4.31 Å². The number of rotatable bonds is 7. The summed E-state index contributed by atoms with van der Waals surface area (Å²) in [6, 6.07) is 0. The molecule has 0 spiro atoms. The second-order valence-corrected chi connectivity index (χ2v) is 6.09. The summed E-state index contributed by atoms with van der Waals surface area (Å²) in [6.07, 6.45) is 1.78. The lowest BCUT2D eigenvalue weighted by Gasteiger charge is -2.25. The van der Waals surface area contributed by atoms with E-state index in [1.807, 2.05) is 6.92 Å². The maximum absolute atomic E-state index is 11.8. The van der Waals surface area contributed by atoms with E-state index in [2.05, 4.69) is 10.0 Å². The van der Waals surface area contributed by atoms with Crippen molar-refractivity contribution in [1.82, 2.24) is 14.3 Å². The Balaban J connectivity index is 2.32. The van der Waals surface area contributed by atoms with Crippen molar-refractivity contribution in [2.45, 2.75) is 25.9 Å². The molecule has 0 saturated carbocycles. The van der Waals surface area contributed by atoms with E-state index in [-0.39, 0.29) is 6.10 Å². The van der Waals surface area contributed by atoms with Crippen molar-refractivity contribution in [2.24, 2.45) is 0 Å². The van der Waals surface area contributed by atoms with Gasteiger partial charge in [-0.1, -0.05) is 13.3 Å². The first-order chi connectivity index (χ1) is 8.06. The molecule has 1 aliphatic heterocycles. The van der Waals surface area contributed by atoms with Crippen LogP contribution in [0.2, 0.25) is 0 Å². The molecule has 2 N–H and O–H groups in total. The Morgan fingerprint density at radius 2 is 2.29 bits per heavy atom. The van der Waals surface area contributed by atoms with Gasteiger partial charge in [-0.2, -0.15) is 17.4 Å². The molecule has 1 saturated heterocycles. The molecule has 0 radical (unpaired) electrons. The van der Waals surface area contributed by atoms with Gasteiger partial charge in [0.2, 0.25) is 0 Å². The lowest BCUT2D eigenvalue weighted by molar-refractivity contribution is 0.0322. The fourth-order valence-corrected chi connectivity index (χ4v) is 2.55. The van der Waals surface area contributed by atoms with Gasteiger partial charge in [-0.25, -0.2) is 0 Å². The fourth-order valence-electron chi connectivity index (χ4n) is 1.56. The first kappa shape index (κ1) is 14.8. The lowest BCUT2D eigenvalue weighted by atomic mass is 10.3. The van der Waals surface area contributed by atoms with E-state index in [9.17, 15) is 8.42 Å². The first-order valence-corrected chi connectivity index (χ1v) is 7.53. The van der Waals surface area contributed by atoms with Crippen molar-refractivity contribution in [3.8, 4) is 0 Å². The average Bonchev–Trinajstić information content (AvgIpc) is 2.35. The van der Waals surface area contributed by atoms with Crippen molar-refractivity contribution in [2.75, 3.05) is 39.8 Å². The summed E-state index contributed by atoms with van der Waals surface area (Å²) in [5.74, 6) is 0. The van der Waals surface area contributed by atoms with Gasteiger partial charge >= 0.3 is 0 Å². The van der Waals surface area contributed by atoms with Gasteiger partial charge in [-0.15, -0.1) is 0 Å². The maximum Gasteiger partial charge on any atom is 0.279 e. The van der Waals surface area contributed by atoms with Crippen LogP contribution in [0.5, 0.6) is 0 Å². The third-order valence-corrected chi connectivity index (χ3v) is 4.27. The van der Waals surface area contributed by atoms with Gasteiger partial charge in [0.25, 0.3) is 10.2 Å². The molecule has 1 unspecified atom stereocenters. The molecule has 102 valence electrons. The lowest BCUT2D eigenvalue weighted by Crippen LogP contribution is -2.48. The Morgan fingerprint density at radius 1 is 1.53 bits per heavy atom. The van der Waals surface area contributed by atoms with Gasteiger partial charge < -0.3 is 10.1 Å². The number of nitrogens with one attached hydrogen (secondary N) is 2. The van der Waals surface area contributed by atoms with E-state index in [4.69, 9.17) is 4.74 Å². The number of nitrogens with zero attached hydrogens (tertiary/aromatic N) is 1. The van der Waals surface area contributed by atoms with Crippen molar-refractivity contribution in [3.05, 3.63) is 0 Å². The summed E-state index contributed by atoms with van der Waals surface area (Å²) in [5.41, 5.74) is 0. The highest BCUT2D eigenvalue weighted by Crippen LogP contribution is 2.00. The minimum atomic E-state index is -3.36. The number of unbranched alkanes of at least 4 members (excludes halogenated alkanes) is 1. The molecule has 0 bridgehead atoms. The summed E-state index contributed by atoms with van der Waals surface area (Å²) < 4.78 is 33.0. The second-order valence-electron chi connectivity index (χ2n) is 4.23. The van der Waals surface area contributed by atoms with Crippen LogP contribution in [0.15, 0.2) is 0 Å². The summed E-state index contributed by atoms with van der Waals surface area (Å²) in [4.78, 5) is 0. The normalized spacial score (nSPS) is 21.9. The summed E-state index contributed by atoms with van der Waals surface area (Å²) in [5, 5.41) is 3.16. The predicted molar refractivity (Wildman–Crippen MR) is 67.1 cm³/mol. The van der Waals surface area contributed by atoms with Gasteiger partial charge in [0.15, 0.2) is 0 Å². The molecule has 0 aromatic rings. The zero-order valence-electron chi connectivity index (χ0n) is 10.6. The predicted octanol–water partition coefficient (Wildman–Crippen LogP) is -0.459. The quantitative estimate of drug-likeness (QED) is 0.653. The fraction of sp³-hybridized carbons (Fsp3) is 1.00. The smallest absolute Gasteiger partial charge is 0.279 e. The SMILES string of the molecule is CCCCN(C)S(=O)(=O)NCC1CNCCO1. The topological polar surface area (TPSA) is 70.7 Å². The van der Waals surface area contributed by atoms with Gasteiger partial charge in [0, 0.05) is 33.2 Å². The minimum absolute atomic E-state index is 0.0712. The van der Waals surface area contributed by atoms with E-state index >= 15 is 0 Å². The van der Waals surface area contributed by atoms with Crippen LogP contribution < -0.4 is 10.0 Å². The largest absolute Gasteiger partial charge is 0.374 e. The van der Waals surface area contributed by atoms with E-state index < -0.39 is 10.2 Å². The van der Waals surface area contributed by atoms with E-state index in [1.54, 1.807) is 7.05 Å². The highest BCUT2D eigenvalue weighted by Gasteiger charge is 2.20. The van der Waals surface area contributed by atoms with Crippen molar-refractivity contribution < 1.29 is 13.2 Å². The molecule has 0 aromatic heterocycles. The van der Waals surface area contributed by atoms with Gasteiger partial charge in [0.1, 0.15) is 0 Å². The Bertz CT molecular complexity index is 302. The highest BCUT2D eigenvalue weighted by atomic mass is 32.2. The molecule has 1 fully saturated rings. The molecule has 17 heavy (non-hydrogen) atoms. The molecule has 0 aliphatic carbocycles. The highest BCUT2D eigenvalue weighted by molar-refractivity contribution is 7.87. The second kappa shape index (κ2) is 7.27. The zero-order chi connectivity index (χ0) is 12.7. The molecule has 1 rings (SSSR count). The monoisotopic (exact) mass is 265 g/mol. The van der Waals surface area contributed by atoms with E-state index in [0.29, 0.717) is 26.2 Å². The van der Waals surface area contributed by atoms with Crippen LogP contribution in [-0.4, -0.2) is 58.7 Å². The molecular formula is C10H23N3O3S. The van der Waals surface area contributed by atoms with Crippen LogP contribution in [0.25, 0.3) is 0 Å². The molecule has 0 amide bonds. The van der Waals surface area contributed by atoms with Gasteiger partial charge in [0.05, 0.1) is 12.7 Å². The molecule has 6 nitrogen and oxygen atoms in total. The van der Waals surface area contributed by atoms with Crippen LogP contribution in [-0.2, 0) is 14.9 Å². The van der Waals surface area contributed by atoms with Crippen LogP contribution >= 0.6 is 0 Å². The molecule has 1 heterocycles. The Labute approximate surface area is 104 Å². The Hall–Kier alpha value is -0.210. The summed E-state index contributed by atoms with van der Waals surface area (Å²) >= 11 is 0. The van der Waals surface area contributed by atoms with Gasteiger partial charge in [-0.3, -0.25) is 0 Å². The maximum atomic E-state index is 11.8.